The van der Waals surface area contributed by atoms with Crippen molar-refractivity contribution in [2.75, 3.05) is 4.90 Å². The van der Waals surface area contributed by atoms with Crippen LogP contribution < -0.4 is 4.90 Å². The molecule has 0 fully saturated rings. The maximum Gasteiger partial charge on any atom is 0.296 e. The Balaban J connectivity index is 1.44. The summed E-state index contributed by atoms with van der Waals surface area (Å²) in [6.07, 6.45) is 0. The van der Waals surface area contributed by atoms with Gasteiger partial charge in [-0.2, -0.15) is 0 Å². The zero-order valence-corrected chi connectivity index (χ0v) is 23.4. The first-order valence-corrected chi connectivity index (χ1v) is 14.8. The Labute approximate surface area is 236 Å². The lowest BCUT2D eigenvalue weighted by atomic mass is 9.91. The maximum atomic E-state index is 13.9. The van der Waals surface area contributed by atoms with Crippen molar-refractivity contribution in [3.05, 3.63) is 111 Å². The minimum atomic E-state index is -0.877. The molecule has 1 amide bonds. The van der Waals surface area contributed by atoms with Gasteiger partial charge in [-0.3, -0.25) is 14.5 Å². The number of ketones is 1. The number of aliphatic hydroxyl groups is 1. The summed E-state index contributed by atoms with van der Waals surface area (Å²) >= 11 is 4.04. The fraction of sp³-hybridized carbons (Fsp3) is 0.138. The summed E-state index contributed by atoms with van der Waals surface area (Å²) in [5.74, 6) is -0.955. The summed E-state index contributed by atoms with van der Waals surface area (Å²) in [6.45, 7) is 3.59. The highest BCUT2D eigenvalue weighted by molar-refractivity contribution is 8.00. The van der Waals surface area contributed by atoms with Crippen molar-refractivity contribution in [3.63, 3.8) is 0 Å². The average molecular weight is 571 g/mol. The molecule has 1 N–H and O–H groups in total. The lowest BCUT2D eigenvalue weighted by molar-refractivity contribution is -0.117. The number of aromatic nitrogens is 3. The predicted octanol–water partition coefficient (Wildman–Crippen LogP) is 6.84. The van der Waals surface area contributed by atoms with E-state index in [1.54, 1.807) is 6.92 Å². The Morgan fingerprint density at radius 3 is 2.49 bits per heavy atom. The van der Waals surface area contributed by atoms with Crippen molar-refractivity contribution >= 4 is 62.0 Å². The number of carbonyl (C=O) groups excluding carboxylic acids is 2. The van der Waals surface area contributed by atoms with Crippen LogP contribution in [0.2, 0.25) is 0 Å². The van der Waals surface area contributed by atoms with Crippen molar-refractivity contribution < 1.29 is 14.7 Å². The van der Waals surface area contributed by atoms with E-state index in [0.717, 1.165) is 26.9 Å². The highest BCUT2D eigenvalue weighted by Gasteiger charge is 2.47. The van der Waals surface area contributed by atoms with Crippen LogP contribution in [0.5, 0.6) is 0 Å². The van der Waals surface area contributed by atoms with Crippen LogP contribution in [-0.2, 0) is 10.5 Å². The molecule has 3 heterocycles. The molecule has 39 heavy (non-hydrogen) atoms. The predicted molar refractivity (Wildman–Crippen MR) is 156 cm³/mol. The second-order valence-electron chi connectivity index (χ2n) is 9.01. The number of nitrogens with zero attached hydrogens (tertiary/aromatic N) is 4. The van der Waals surface area contributed by atoms with Crippen LogP contribution >= 0.6 is 34.4 Å². The molecular formula is C29H22N4O3S3. The Morgan fingerprint density at radius 1 is 0.974 bits per heavy atom. The topological polar surface area (TPSA) is 96.3 Å². The minimum absolute atomic E-state index is 0.0248. The quantitative estimate of drug-likeness (QED) is 0.130. The molecule has 0 aliphatic carbocycles. The standard InChI is InChI=1S/C29H22N4O3S3/c1-16-26(38-17(2)30-16)24(34)22-23(21-14-8-12-19-11-6-7-13-20(19)21)33(27(36)25(22)35)28-31-32-29(39-28)37-15-18-9-4-3-5-10-18/h3-14,23,35H,15H2,1-2H3. The van der Waals surface area contributed by atoms with E-state index in [4.69, 9.17) is 0 Å². The Morgan fingerprint density at radius 2 is 1.72 bits per heavy atom. The molecular weight excluding hydrogens is 549 g/mol. The molecule has 3 aromatic carbocycles. The number of thioether (sulfide) groups is 1. The van der Waals surface area contributed by atoms with Crippen LogP contribution in [0.1, 0.15) is 37.5 Å². The fourth-order valence-corrected chi connectivity index (χ4v) is 7.46. The van der Waals surface area contributed by atoms with Crippen LogP contribution in [0.15, 0.2) is 88.5 Å². The molecule has 194 valence electrons. The summed E-state index contributed by atoms with van der Waals surface area (Å²) in [5.41, 5.74) is 2.46. The number of hydrogen-bond acceptors (Lipinski definition) is 9. The minimum Gasteiger partial charge on any atom is -0.503 e. The monoisotopic (exact) mass is 570 g/mol. The van der Waals surface area contributed by atoms with Crippen LogP contribution in [0.4, 0.5) is 5.13 Å². The summed E-state index contributed by atoms with van der Waals surface area (Å²) < 4.78 is 0.687. The van der Waals surface area contributed by atoms with E-state index in [-0.39, 0.29) is 5.57 Å². The molecule has 10 heteroatoms. The van der Waals surface area contributed by atoms with E-state index in [9.17, 15) is 14.7 Å². The van der Waals surface area contributed by atoms with Gasteiger partial charge in [-0.05, 0) is 35.7 Å². The first-order chi connectivity index (χ1) is 18.9. The van der Waals surface area contributed by atoms with E-state index in [2.05, 4.69) is 15.2 Å². The number of Topliss-reactive ketones (excluding diaryl/α,β-unsaturated/α-hetero) is 1. The maximum absolute atomic E-state index is 13.9. The summed E-state index contributed by atoms with van der Waals surface area (Å²) in [5, 5.41) is 22.7. The van der Waals surface area contributed by atoms with Crippen molar-refractivity contribution in [2.45, 2.75) is 30.0 Å². The summed E-state index contributed by atoms with van der Waals surface area (Å²) in [4.78, 5) is 33.8. The average Bonchev–Trinajstić information content (AvgIpc) is 3.63. The van der Waals surface area contributed by atoms with Crippen molar-refractivity contribution in [2.24, 2.45) is 0 Å². The second kappa shape index (κ2) is 10.4. The molecule has 0 saturated heterocycles. The van der Waals surface area contributed by atoms with Crippen molar-refractivity contribution in [1.82, 2.24) is 15.2 Å². The van der Waals surface area contributed by atoms with E-state index in [1.165, 1.54) is 39.3 Å². The fourth-order valence-electron chi connectivity index (χ4n) is 4.76. The summed E-state index contributed by atoms with van der Waals surface area (Å²) in [6, 6.07) is 22.7. The lowest BCUT2D eigenvalue weighted by Crippen LogP contribution is -2.31. The van der Waals surface area contributed by atoms with Gasteiger partial charge in [-0.1, -0.05) is 95.9 Å². The van der Waals surface area contributed by atoms with Crippen LogP contribution in [0.25, 0.3) is 10.8 Å². The molecule has 6 rings (SSSR count). The van der Waals surface area contributed by atoms with Gasteiger partial charge in [-0.15, -0.1) is 21.5 Å². The Kier molecular flexibility index (Phi) is 6.76. The molecule has 0 spiro atoms. The van der Waals surface area contributed by atoms with E-state index < -0.39 is 23.5 Å². The first kappa shape index (κ1) is 25.4. The number of benzene rings is 3. The first-order valence-electron chi connectivity index (χ1n) is 12.2. The van der Waals surface area contributed by atoms with E-state index in [0.29, 0.717) is 25.8 Å². The SMILES string of the molecule is Cc1nc(C)c(C(=O)C2=C(O)C(=O)N(c3nnc(SCc4ccccc4)s3)C2c2cccc3ccccc23)s1. The number of carbonyl (C=O) groups is 2. The van der Waals surface area contributed by atoms with Crippen molar-refractivity contribution in [3.8, 4) is 0 Å². The molecule has 1 unspecified atom stereocenters. The number of rotatable bonds is 7. The van der Waals surface area contributed by atoms with Gasteiger partial charge < -0.3 is 5.11 Å². The number of amides is 1. The highest BCUT2D eigenvalue weighted by Crippen LogP contribution is 2.46. The molecule has 0 saturated carbocycles. The largest absolute Gasteiger partial charge is 0.503 e. The van der Waals surface area contributed by atoms with Crippen LogP contribution in [-0.4, -0.2) is 32.0 Å². The Hall–Kier alpha value is -3.86. The molecule has 1 atom stereocenters. The van der Waals surface area contributed by atoms with Gasteiger partial charge in [0.15, 0.2) is 10.1 Å². The van der Waals surface area contributed by atoms with E-state index >= 15 is 0 Å². The third-order valence-corrected chi connectivity index (χ3v) is 9.69. The lowest BCUT2D eigenvalue weighted by Gasteiger charge is -2.25. The van der Waals surface area contributed by atoms with Gasteiger partial charge in [0, 0.05) is 5.75 Å². The Bertz CT molecular complexity index is 1750. The van der Waals surface area contributed by atoms with Crippen LogP contribution in [0, 0.1) is 13.8 Å². The molecule has 0 radical (unpaired) electrons. The number of hydrogen-bond donors (Lipinski definition) is 1. The number of aliphatic hydroxyl groups excluding tert-OH is 1. The van der Waals surface area contributed by atoms with Gasteiger partial charge in [-0.25, -0.2) is 4.98 Å². The number of anilines is 1. The van der Waals surface area contributed by atoms with Gasteiger partial charge in [0.2, 0.25) is 10.9 Å². The molecule has 5 aromatic rings. The molecule has 1 aliphatic heterocycles. The van der Waals surface area contributed by atoms with Gasteiger partial charge >= 0.3 is 0 Å². The second-order valence-corrected chi connectivity index (χ2v) is 12.4. The molecule has 0 bridgehead atoms. The smallest absolute Gasteiger partial charge is 0.296 e. The van der Waals surface area contributed by atoms with E-state index in [1.807, 2.05) is 79.7 Å². The van der Waals surface area contributed by atoms with Gasteiger partial charge in [0.05, 0.1) is 27.2 Å². The number of aryl methyl sites for hydroxylation is 2. The summed E-state index contributed by atoms with van der Waals surface area (Å²) in [7, 11) is 0. The zero-order chi connectivity index (χ0) is 27.1. The molecule has 1 aliphatic rings. The number of fused-ring (bicyclic) bond motifs is 1. The third-order valence-electron chi connectivity index (χ3n) is 6.49. The molecule has 7 nitrogen and oxygen atoms in total. The van der Waals surface area contributed by atoms with Gasteiger partial charge in [0.1, 0.15) is 0 Å². The van der Waals surface area contributed by atoms with Gasteiger partial charge in [0.25, 0.3) is 5.91 Å². The third kappa shape index (κ3) is 4.64. The normalized spacial score (nSPS) is 15.5. The van der Waals surface area contributed by atoms with Crippen molar-refractivity contribution in [1.29, 1.82) is 0 Å². The highest BCUT2D eigenvalue weighted by atomic mass is 32.2. The zero-order valence-electron chi connectivity index (χ0n) is 21.0. The van der Waals surface area contributed by atoms with Crippen LogP contribution in [0.3, 0.4) is 0 Å². The number of thiazole rings is 1. The molecule has 2 aromatic heterocycles.